The standard InChI is InChI=1S/C19H40N2.C10H21N.C6H10.2C2H6/c1-6-11-17(8-3)12-10-14-20(5)19(9-4)18-15-21(16-18)13-7-2;1-8-5-9(2)7-10(6-8)11(3)4;1-4-6(3)5-2;2*1-2/h17-19H,6-16H2,1-5H3;8-10H,5-7H2,1-4H3;4-6H,1-2H2,3H3;2*1-2H3. The molecule has 0 bridgehead atoms. The van der Waals surface area contributed by atoms with Gasteiger partial charge in [0.15, 0.2) is 0 Å². The van der Waals surface area contributed by atoms with Crippen molar-refractivity contribution in [2.24, 2.45) is 29.6 Å². The van der Waals surface area contributed by atoms with Crippen molar-refractivity contribution in [3.05, 3.63) is 25.3 Å². The molecule has 1 saturated carbocycles. The van der Waals surface area contributed by atoms with Gasteiger partial charge in [-0.2, -0.15) is 0 Å². The Kier molecular flexibility index (Phi) is 33.1. The van der Waals surface area contributed by atoms with E-state index in [1.54, 1.807) is 0 Å². The second-order valence-corrected chi connectivity index (χ2v) is 13.0. The van der Waals surface area contributed by atoms with Crippen molar-refractivity contribution in [3.8, 4) is 0 Å². The van der Waals surface area contributed by atoms with E-state index in [0.29, 0.717) is 5.92 Å². The Hall–Kier alpha value is -0.640. The topological polar surface area (TPSA) is 9.72 Å². The first-order chi connectivity index (χ1) is 20.1. The molecule has 4 atom stereocenters. The number of nitrogens with zero attached hydrogens (tertiary/aromatic N) is 3. The Balaban J connectivity index is -0.000000602. The van der Waals surface area contributed by atoms with Crippen molar-refractivity contribution in [1.82, 2.24) is 14.7 Å². The van der Waals surface area contributed by atoms with Crippen LogP contribution in [0, 0.1) is 29.6 Å². The molecule has 0 aromatic carbocycles. The van der Waals surface area contributed by atoms with Gasteiger partial charge in [0.2, 0.25) is 0 Å². The van der Waals surface area contributed by atoms with Gasteiger partial charge in [0, 0.05) is 25.2 Å². The predicted octanol–water partition coefficient (Wildman–Crippen LogP) is 11.1. The highest BCUT2D eigenvalue weighted by atomic mass is 15.2. The Morgan fingerprint density at radius 2 is 1.31 bits per heavy atom. The molecule has 2 rings (SSSR count). The van der Waals surface area contributed by atoms with E-state index in [1.807, 2.05) is 46.8 Å². The van der Waals surface area contributed by atoms with Crippen LogP contribution >= 0.6 is 0 Å². The average molecular weight is 594 g/mol. The minimum atomic E-state index is 0.463. The molecular weight excluding hydrogens is 510 g/mol. The molecule has 1 aliphatic heterocycles. The maximum Gasteiger partial charge on any atom is 0.0142 e. The summed E-state index contributed by atoms with van der Waals surface area (Å²) in [7, 11) is 6.77. The van der Waals surface area contributed by atoms with E-state index in [0.717, 1.165) is 35.8 Å². The van der Waals surface area contributed by atoms with Gasteiger partial charge >= 0.3 is 0 Å². The van der Waals surface area contributed by atoms with Crippen LogP contribution in [-0.2, 0) is 0 Å². The predicted molar refractivity (Wildman–Crippen MR) is 197 cm³/mol. The highest BCUT2D eigenvalue weighted by Gasteiger charge is 2.33. The maximum atomic E-state index is 3.56. The van der Waals surface area contributed by atoms with Crippen molar-refractivity contribution in [2.75, 3.05) is 47.3 Å². The minimum Gasteiger partial charge on any atom is -0.306 e. The number of allylic oxidation sites excluding steroid dienone is 2. The lowest BCUT2D eigenvalue weighted by Crippen LogP contribution is -2.55. The Morgan fingerprint density at radius 1 is 0.786 bits per heavy atom. The van der Waals surface area contributed by atoms with Crippen LogP contribution in [-0.4, -0.2) is 74.1 Å². The van der Waals surface area contributed by atoms with E-state index >= 15 is 0 Å². The highest BCUT2D eigenvalue weighted by Crippen LogP contribution is 2.30. The number of rotatable bonds is 15. The fraction of sp³-hybridized carbons (Fsp3) is 0.897. The monoisotopic (exact) mass is 594 g/mol. The molecule has 1 heterocycles. The first-order valence-corrected chi connectivity index (χ1v) is 18.4. The number of hydrogen-bond donors (Lipinski definition) is 0. The van der Waals surface area contributed by atoms with E-state index in [4.69, 9.17) is 0 Å². The molecule has 254 valence electrons. The fourth-order valence-electron chi connectivity index (χ4n) is 6.54. The summed E-state index contributed by atoms with van der Waals surface area (Å²) in [5.41, 5.74) is 0. The third-order valence-corrected chi connectivity index (χ3v) is 9.08. The first-order valence-electron chi connectivity index (χ1n) is 18.4. The van der Waals surface area contributed by atoms with E-state index in [-0.39, 0.29) is 0 Å². The van der Waals surface area contributed by atoms with Crippen molar-refractivity contribution >= 4 is 0 Å². The quantitative estimate of drug-likeness (QED) is 0.175. The zero-order valence-electron chi connectivity index (χ0n) is 31.9. The van der Waals surface area contributed by atoms with Crippen molar-refractivity contribution in [3.63, 3.8) is 0 Å². The van der Waals surface area contributed by atoms with Crippen LogP contribution in [0.2, 0.25) is 0 Å². The van der Waals surface area contributed by atoms with Gasteiger partial charge in [0.25, 0.3) is 0 Å². The first kappa shape index (κ1) is 45.8. The van der Waals surface area contributed by atoms with Crippen LogP contribution in [0.4, 0.5) is 0 Å². The zero-order chi connectivity index (χ0) is 33.1. The zero-order valence-corrected chi connectivity index (χ0v) is 31.9. The van der Waals surface area contributed by atoms with E-state index < -0.39 is 0 Å². The number of hydrogen-bond acceptors (Lipinski definition) is 3. The van der Waals surface area contributed by atoms with Crippen LogP contribution in [0.3, 0.4) is 0 Å². The van der Waals surface area contributed by atoms with Gasteiger partial charge in [-0.1, -0.05) is 108 Å². The van der Waals surface area contributed by atoms with Crippen LogP contribution in [0.5, 0.6) is 0 Å². The molecule has 2 aliphatic rings. The van der Waals surface area contributed by atoms with Gasteiger partial charge in [0.05, 0.1) is 0 Å². The molecule has 0 amide bonds. The molecule has 1 saturated heterocycles. The second-order valence-electron chi connectivity index (χ2n) is 13.0. The minimum absolute atomic E-state index is 0.463. The van der Waals surface area contributed by atoms with Crippen molar-refractivity contribution < 1.29 is 0 Å². The average Bonchev–Trinajstić information content (AvgIpc) is 2.97. The van der Waals surface area contributed by atoms with E-state index in [1.165, 1.54) is 90.4 Å². The lowest BCUT2D eigenvalue weighted by atomic mass is 9.80. The summed E-state index contributed by atoms with van der Waals surface area (Å²) in [6.45, 7) is 36.5. The Labute approximate surface area is 269 Å². The van der Waals surface area contributed by atoms with Gasteiger partial charge in [-0.3, -0.25) is 0 Å². The Morgan fingerprint density at radius 3 is 1.67 bits per heavy atom. The van der Waals surface area contributed by atoms with Crippen LogP contribution in [0.15, 0.2) is 25.3 Å². The summed E-state index contributed by atoms with van der Waals surface area (Å²) in [5, 5.41) is 0. The third-order valence-electron chi connectivity index (χ3n) is 9.08. The van der Waals surface area contributed by atoms with Gasteiger partial charge in [-0.05, 0) is 109 Å². The smallest absolute Gasteiger partial charge is 0.0142 e. The molecule has 0 N–H and O–H groups in total. The SMILES string of the molecule is C=CC(C)C=C.CC.CC.CC1CC(C)CC(N(C)C)C1.CCCC(CC)CCCN(C)C(CC)C1CN(CCC)C1. The molecule has 2 fully saturated rings. The summed E-state index contributed by atoms with van der Waals surface area (Å²) in [6.07, 6.45) is 17.5. The maximum absolute atomic E-state index is 3.56. The van der Waals surface area contributed by atoms with Crippen molar-refractivity contribution in [2.45, 2.75) is 152 Å². The Bertz CT molecular complexity index is 550. The molecule has 3 nitrogen and oxygen atoms in total. The summed E-state index contributed by atoms with van der Waals surface area (Å²) in [6, 6.07) is 1.65. The van der Waals surface area contributed by atoms with Gasteiger partial charge in [-0.15, -0.1) is 13.2 Å². The summed E-state index contributed by atoms with van der Waals surface area (Å²) < 4.78 is 0. The van der Waals surface area contributed by atoms with Crippen molar-refractivity contribution in [1.29, 1.82) is 0 Å². The number of likely N-dealkylation sites (tertiary alicyclic amines) is 1. The van der Waals surface area contributed by atoms with E-state index in [2.05, 4.69) is 90.5 Å². The van der Waals surface area contributed by atoms with E-state index in [9.17, 15) is 0 Å². The summed E-state index contributed by atoms with van der Waals surface area (Å²) in [5.74, 6) is 4.22. The third kappa shape index (κ3) is 22.0. The summed E-state index contributed by atoms with van der Waals surface area (Å²) in [4.78, 5) is 7.66. The molecule has 3 heteroatoms. The molecule has 4 unspecified atom stereocenters. The second kappa shape index (κ2) is 30.4. The molecule has 0 radical (unpaired) electrons. The lowest BCUT2D eigenvalue weighted by Gasteiger charge is -2.46. The van der Waals surface area contributed by atoms with Crippen LogP contribution in [0.1, 0.15) is 140 Å². The fourth-order valence-corrected chi connectivity index (χ4v) is 6.54. The van der Waals surface area contributed by atoms with Crippen LogP contribution in [0.25, 0.3) is 0 Å². The molecule has 42 heavy (non-hydrogen) atoms. The van der Waals surface area contributed by atoms with Gasteiger partial charge in [0.1, 0.15) is 0 Å². The van der Waals surface area contributed by atoms with Gasteiger partial charge in [-0.25, -0.2) is 0 Å². The molecule has 0 spiro atoms. The lowest BCUT2D eigenvalue weighted by molar-refractivity contribution is 0.0278. The normalized spacial score (nSPS) is 21.7. The highest BCUT2D eigenvalue weighted by molar-refractivity contribution is 4.89. The molecule has 0 aromatic heterocycles. The van der Waals surface area contributed by atoms with Crippen LogP contribution < -0.4 is 0 Å². The largest absolute Gasteiger partial charge is 0.306 e. The van der Waals surface area contributed by atoms with Gasteiger partial charge < -0.3 is 14.7 Å². The summed E-state index contributed by atoms with van der Waals surface area (Å²) >= 11 is 0. The molecular formula is C39H83N3. The molecule has 0 aromatic rings. The molecule has 1 aliphatic carbocycles.